The molecule has 0 saturated carbocycles. The molecule has 42 heavy (non-hydrogen) atoms. The maximum absolute atomic E-state index is 12.2. The molecule has 0 spiro atoms. The standard InChI is InChI=1S/C17H17N9O8S.C6H15N/c18-13-10-14(21-6-20-13)26(17(22-10)23-25-19)16-12(29)11(28)9(34-16)5-33-35(31,32)24-15(30)7-3-1-2-4-8(7)27;1-4-7(5-2)6-3/h1-4,6,9,11-12,16,27-29H,5H2,(H,24,30)(H2,18,20,21);4-6H2,1-3H3/t9-,11-,12-,16-;/m1./s1. The van der Waals surface area contributed by atoms with E-state index in [9.17, 15) is 28.5 Å². The maximum atomic E-state index is 12.2. The van der Waals surface area contributed by atoms with Gasteiger partial charge in [0.25, 0.3) is 5.91 Å². The Kier molecular flexibility index (Phi) is 10.9. The number of phenols is 1. The van der Waals surface area contributed by atoms with E-state index in [-0.39, 0.29) is 28.5 Å². The fourth-order valence-corrected chi connectivity index (χ4v) is 4.74. The van der Waals surface area contributed by atoms with E-state index in [1.807, 2.05) is 0 Å². The molecule has 1 aliphatic heterocycles. The van der Waals surface area contributed by atoms with Gasteiger partial charge in [-0.05, 0) is 42.4 Å². The number of hydrogen-bond donors (Lipinski definition) is 5. The number of aliphatic hydroxyl groups is 2. The Hall–Kier alpha value is -4.10. The maximum Gasteiger partial charge on any atom is 0.362 e. The number of azide groups is 1. The number of aromatic nitrogens is 4. The molecule has 2 aromatic heterocycles. The second-order valence-corrected chi connectivity index (χ2v) is 10.1. The summed E-state index contributed by atoms with van der Waals surface area (Å²) in [5.74, 6) is -1.97. The number of nitrogen functional groups attached to an aromatic ring is 1. The van der Waals surface area contributed by atoms with E-state index in [2.05, 4.69) is 50.6 Å². The van der Waals surface area contributed by atoms with Gasteiger partial charge in [0.15, 0.2) is 23.2 Å². The molecule has 1 amide bonds. The van der Waals surface area contributed by atoms with Crippen LogP contribution in [-0.2, 0) is 19.2 Å². The van der Waals surface area contributed by atoms with Gasteiger partial charge in [-0.2, -0.15) is 8.42 Å². The number of benzene rings is 1. The van der Waals surface area contributed by atoms with Crippen LogP contribution in [0, 0.1) is 0 Å². The highest BCUT2D eigenvalue weighted by Crippen LogP contribution is 2.36. The zero-order chi connectivity index (χ0) is 31.0. The van der Waals surface area contributed by atoms with E-state index < -0.39 is 53.1 Å². The molecule has 3 aromatic rings. The molecule has 1 aromatic carbocycles. The minimum Gasteiger partial charge on any atom is -0.507 e. The summed E-state index contributed by atoms with van der Waals surface area (Å²) in [7, 11) is -4.71. The average Bonchev–Trinajstić information content (AvgIpc) is 3.46. The molecule has 19 heteroatoms. The number of hydrogen-bond acceptors (Lipinski definition) is 14. The van der Waals surface area contributed by atoms with Crippen molar-refractivity contribution in [3.63, 3.8) is 0 Å². The fourth-order valence-electron chi connectivity index (χ4n) is 4.03. The van der Waals surface area contributed by atoms with Gasteiger partial charge in [-0.1, -0.05) is 32.9 Å². The van der Waals surface area contributed by atoms with Gasteiger partial charge >= 0.3 is 10.3 Å². The summed E-state index contributed by atoms with van der Waals surface area (Å²) in [6, 6.07) is 5.23. The predicted molar refractivity (Wildman–Crippen MR) is 148 cm³/mol. The number of nitrogens with zero attached hydrogens (tertiary/aromatic N) is 8. The number of aromatic hydroxyl groups is 1. The van der Waals surface area contributed by atoms with E-state index in [0.29, 0.717) is 0 Å². The molecular formula is C23H32N10O8S. The van der Waals surface area contributed by atoms with Gasteiger partial charge in [0.05, 0.1) is 12.2 Å². The van der Waals surface area contributed by atoms with Gasteiger partial charge < -0.3 is 30.7 Å². The lowest BCUT2D eigenvalue weighted by Crippen LogP contribution is -2.37. The highest BCUT2D eigenvalue weighted by atomic mass is 32.2. The topological polar surface area (TPSA) is 264 Å². The Balaban J connectivity index is 0.000000616. The van der Waals surface area contributed by atoms with Gasteiger partial charge in [-0.3, -0.25) is 13.5 Å². The molecule has 1 aliphatic rings. The molecule has 228 valence electrons. The first kappa shape index (κ1) is 32.4. The first-order valence-electron chi connectivity index (χ1n) is 12.7. The first-order valence-corrected chi connectivity index (χ1v) is 14.2. The zero-order valence-corrected chi connectivity index (χ0v) is 23.8. The minimum absolute atomic E-state index is 0.0141. The van der Waals surface area contributed by atoms with Crippen molar-refractivity contribution in [2.75, 3.05) is 32.0 Å². The number of ether oxygens (including phenoxy) is 1. The molecule has 1 fully saturated rings. The monoisotopic (exact) mass is 608 g/mol. The summed E-state index contributed by atoms with van der Waals surface area (Å²) >= 11 is 0. The molecule has 1 saturated heterocycles. The van der Waals surface area contributed by atoms with E-state index in [0.717, 1.165) is 10.9 Å². The minimum atomic E-state index is -4.71. The van der Waals surface area contributed by atoms with Gasteiger partial charge in [0.1, 0.15) is 30.4 Å². The largest absolute Gasteiger partial charge is 0.507 e. The lowest BCUT2D eigenvalue weighted by atomic mass is 10.1. The number of para-hydroxylation sites is 1. The van der Waals surface area contributed by atoms with Crippen LogP contribution in [0.2, 0.25) is 0 Å². The second kappa shape index (κ2) is 14.2. The van der Waals surface area contributed by atoms with E-state index in [1.54, 1.807) is 4.72 Å². The average molecular weight is 609 g/mol. The highest BCUT2D eigenvalue weighted by Gasteiger charge is 2.46. The molecule has 3 heterocycles. The third-order valence-electron chi connectivity index (χ3n) is 6.31. The van der Waals surface area contributed by atoms with Crippen LogP contribution in [-0.4, -0.2) is 98.6 Å². The van der Waals surface area contributed by atoms with Gasteiger partial charge in [0, 0.05) is 4.91 Å². The van der Waals surface area contributed by atoms with Crippen molar-refractivity contribution in [1.29, 1.82) is 0 Å². The van der Waals surface area contributed by atoms with Crippen LogP contribution in [0.3, 0.4) is 0 Å². The van der Waals surface area contributed by atoms with Crippen molar-refractivity contribution < 1.29 is 37.5 Å². The van der Waals surface area contributed by atoms with Crippen LogP contribution in [0.25, 0.3) is 21.6 Å². The number of imidazole rings is 1. The molecule has 0 aliphatic carbocycles. The Morgan fingerprint density at radius 3 is 2.48 bits per heavy atom. The normalized spacial score (nSPS) is 20.1. The molecule has 6 N–H and O–H groups in total. The van der Waals surface area contributed by atoms with Gasteiger partial charge in [-0.25, -0.2) is 19.7 Å². The van der Waals surface area contributed by atoms with Crippen LogP contribution >= 0.6 is 0 Å². The fraction of sp³-hybridized carbons (Fsp3) is 0.478. The quantitative estimate of drug-likeness (QED) is 0.121. The van der Waals surface area contributed by atoms with E-state index in [1.165, 1.54) is 43.9 Å². The Morgan fingerprint density at radius 2 is 1.88 bits per heavy atom. The molecule has 18 nitrogen and oxygen atoms in total. The molecular weight excluding hydrogens is 576 g/mol. The van der Waals surface area contributed by atoms with Crippen LogP contribution < -0.4 is 10.5 Å². The summed E-state index contributed by atoms with van der Waals surface area (Å²) in [5.41, 5.74) is 14.3. The number of aliphatic hydroxyl groups excluding tert-OH is 2. The van der Waals surface area contributed by atoms with Crippen LogP contribution in [0.4, 0.5) is 11.8 Å². The van der Waals surface area contributed by atoms with Gasteiger partial charge in [-0.15, -0.1) is 0 Å². The van der Waals surface area contributed by atoms with Gasteiger partial charge in [0.2, 0.25) is 5.95 Å². The number of carbonyl (C=O) groups is 1. The first-order chi connectivity index (χ1) is 20.0. The lowest BCUT2D eigenvalue weighted by molar-refractivity contribution is -0.0459. The molecule has 4 atom stereocenters. The third kappa shape index (κ3) is 7.39. The smallest absolute Gasteiger partial charge is 0.362 e. The number of rotatable bonds is 10. The molecule has 0 radical (unpaired) electrons. The predicted octanol–water partition coefficient (Wildman–Crippen LogP) is 0.715. The summed E-state index contributed by atoms with van der Waals surface area (Å²) in [4.78, 5) is 28.9. The molecule has 0 unspecified atom stereocenters. The summed E-state index contributed by atoms with van der Waals surface area (Å²) < 4.78 is 37.4. The van der Waals surface area contributed by atoms with Crippen molar-refractivity contribution in [2.45, 2.75) is 45.3 Å². The number of phenolic OH excluding ortho intramolecular Hbond substituents is 1. The SMILES string of the molecule is CCN(CC)CC.[N-]=[N+]=Nc1nc2c(N)ncnc2n1[C@@H]1O[C@H](COS(=O)(=O)NC(=O)c2ccccc2O)[C@@H](O)[C@H]1O. The van der Waals surface area contributed by atoms with E-state index in [4.69, 9.17) is 20.2 Å². The Bertz CT molecular complexity index is 1540. The van der Waals surface area contributed by atoms with Crippen molar-refractivity contribution >= 4 is 39.1 Å². The summed E-state index contributed by atoms with van der Waals surface area (Å²) in [5, 5.41) is 34.0. The number of anilines is 1. The number of nitrogens with two attached hydrogens (primary N) is 1. The van der Waals surface area contributed by atoms with Crippen LogP contribution in [0.15, 0.2) is 35.7 Å². The van der Waals surface area contributed by atoms with Crippen molar-refractivity contribution in [1.82, 2.24) is 29.1 Å². The van der Waals surface area contributed by atoms with Crippen molar-refractivity contribution in [3.8, 4) is 5.75 Å². The van der Waals surface area contributed by atoms with Crippen LogP contribution in [0.5, 0.6) is 5.75 Å². The molecule has 0 bridgehead atoms. The third-order valence-corrected chi connectivity index (χ3v) is 7.19. The lowest BCUT2D eigenvalue weighted by Gasteiger charge is -2.18. The number of amides is 1. The zero-order valence-electron chi connectivity index (χ0n) is 23.0. The Morgan fingerprint density at radius 1 is 1.21 bits per heavy atom. The summed E-state index contributed by atoms with van der Waals surface area (Å²) in [6.45, 7) is 9.30. The summed E-state index contributed by atoms with van der Waals surface area (Å²) in [6.07, 6.45) is -5.09. The second-order valence-electron chi connectivity index (χ2n) is 8.76. The number of carbonyl (C=O) groups excluding carboxylic acids is 1. The van der Waals surface area contributed by atoms with Crippen LogP contribution in [0.1, 0.15) is 37.4 Å². The molecule has 4 rings (SSSR count). The number of nitrogens with one attached hydrogen (secondary N) is 1. The number of fused-ring (bicyclic) bond motifs is 1. The highest BCUT2D eigenvalue weighted by molar-refractivity contribution is 7.85. The van der Waals surface area contributed by atoms with Crippen molar-refractivity contribution in [3.05, 3.63) is 46.6 Å². The Labute approximate surface area is 240 Å². The van der Waals surface area contributed by atoms with Crippen molar-refractivity contribution in [2.24, 2.45) is 5.11 Å². The van der Waals surface area contributed by atoms with E-state index >= 15 is 0 Å².